The van der Waals surface area contributed by atoms with Crippen LogP contribution >= 0.6 is 12.2 Å². The Balaban J connectivity index is 1.95. The van der Waals surface area contributed by atoms with E-state index in [9.17, 15) is 0 Å². The molecule has 5 nitrogen and oxygen atoms in total. The van der Waals surface area contributed by atoms with Gasteiger partial charge in [-0.2, -0.15) is 14.9 Å². The molecule has 0 atom stereocenters. The number of aromatic nitrogens is 3. The predicted octanol–water partition coefficient (Wildman–Crippen LogP) is 4.55. The van der Waals surface area contributed by atoms with Crippen LogP contribution in [0.15, 0.2) is 65.3 Å². The van der Waals surface area contributed by atoms with Crippen LogP contribution in [0.4, 0.5) is 0 Å². The summed E-state index contributed by atoms with van der Waals surface area (Å²) in [5, 5.41) is 11.6. The van der Waals surface area contributed by atoms with Gasteiger partial charge in [-0.25, -0.2) is 5.10 Å². The number of benzene rings is 2. The van der Waals surface area contributed by atoms with Gasteiger partial charge in [0.25, 0.3) is 0 Å². The van der Waals surface area contributed by atoms with Crippen LogP contribution in [0.25, 0.3) is 17.5 Å². The molecular weight excluding hydrogens is 332 g/mol. The van der Waals surface area contributed by atoms with Crippen LogP contribution in [0.2, 0.25) is 0 Å². The molecule has 3 aromatic rings. The van der Waals surface area contributed by atoms with Gasteiger partial charge in [-0.3, -0.25) is 0 Å². The number of ether oxygens (including phenoxy) is 1. The standard InChI is InChI=1S/C19H18N4OS/c1-14(12-15-8-4-3-5-9-15)13-20-23-18(21-22-19(23)25)16-10-6-7-11-17(16)24-2/h3-13H,1-2H3,(H,22,25). The molecule has 3 rings (SSSR count). The number of methoxy groups -OCH3 is 1. The van der Waals surface area contributed by atoms with Crippen molar-refractivity contribution < 1.29 is 4.74 Å². The highest BCUT2D eigenvalue weighted by molar-refractivity contribution is 7.71. The van der Waals surface area contributed by atoms with E-state index in [4.69, 9.17) is 17.0 Å². The summed E-state index contributed by atoms with van der Waals surface area (Å²) in [5.41, 5.74) is 2.94. The van der Waals surface area contributed by atoms with Gasteiger partial charge in [-0.15, -0.1) is 0 Å². The first-order chi connectivity index (χ1) is 12.2. The summed E-state index contributed by atoms with van der Waals surface area (Å²) in [5.74, 6) is 1.32. The van der Waals surface area contributed by atoms with Crippen molar-refractivity contribution in [2.45, 2.75) is 6.92 Å². The molecule has 0 fully saturated rings. The van der Waals surface area contributed by atoms with Crippen molar-refractivity contribution in [3.8, 4) is 17.1 Å². The van der Waals surface area contributed by atoms with Crippen molar-refractivity contribution in [1.82, 2.24) is 14.9 Å². The van der Waals surface area contributed by atoms with E-state index in [-0.39, 0.29) is 0 Å². The molecule has 6 heteroatoms. The lowest BCUT2D eigenvalue weighted by molar-refractivity contribution is 0.416. The summed E-state index contributed by atoms with van der Waals surface area (Å²) in [6.45, 7) is 1.99. The summed E-state index contributed by atoms with van der Waals surface area (Å²) in [6.07, 6.45) is 3.81. The zero-order valence-corrected chi connectivity index (χ0v) is 14.8. The number of H-pyrrole nitrogens is 1. The van der Waals surface area contributed by atoms with E-state index in [1.54, 1.807) is 18.0 Å². The number of nitrogens with zero attached hydrogens (tertiary/aromatic N) is 3. The Bertz CT molecular complexity index is 970. The highest BCUT2D eigenvalue weighted by Crippen LogP contribution is 2.28. The van der Waals surface area contributed by atoms with Gasteiger partial charge in [0.15, 0.2) is 5.82 Å². The Kier molecular flexibility index (Phi) is 5.20. The maximum atomic E-state index is 5.40. The van der Waals surface area contributed by atoms with Gasteiger partial charge in [0, 0.05) is 0 Å². The number of para-hydroxylation sites is 1. The molecular formula is C19H18N4OS. The number of rotatable bonds is 5. The Morgan fingerprint density at radius 1 is 1.16 bits per heavy atom. The molecule has 126 valence electrons. The van der Waals surface area contributed by atoms with E-state index >= 15 is 0 Å². The minimum absolute atomic E-state index is 0.421. The topological polar surface area (TPSA) is 55.2 Å². The van der Waals surface area contributed by atoms with E-state index in [2.05, 4.69) is 21.4 Å². The SMILES string of the molecule is COc1ccccc1-c1n[nH]c(=S)n1N=CC(C)=Cc1ccccc1. The van der Waals surface area contributed by atoms with Crippen molar-refractivity contribution in [2.75, 3.05) is 7.11 Å². The second-order valence-corrected chi connectivity index (χ2v) is 5.79. The summed E-state index contributed by atoms with van der Waals surface area (Å²) < 4.78 is 7.42. The quantitative estimate of drug-likeness (QED) is 0.542. The molecule has 0 bridgehead atoms. The van der Waals surface area contributed by atoms with E-state index < -0.39 is 0 Å². The fourth-order valence-corrected chi connectivity index (χ4v) is 2.58. The average Bonchev–Trinajstić information content (AvgIpc) is 3.01. The number of hydrogen-bond donors (Lipinski definition) is 1. The van der Waals surface area contributed by atoms with Gasteiger partial charge in [0.2, 0.25) is 4.77 Å². The van der Waals surface area contributed by atoms with Crippen LogP contribution in [-0.2, 0) is 0 Å². The molecule has 1 aromatic heterocycles. The molecule has 1 N–H and O–H groups in total. The maximum absolute atomic E-state index is 5.40. The smallest absolute Gasteiger partial charge is 0.216 e. The first-order valence-corrected chi connectivity index (χ1v) is 8.18. The Morgan fingerprint density at radius 3 is 2.64 bits per heavy atom. The lowest BCUT2D eigenvalue weighted by Crippen LogP contribution is -1.97. The van der Waals surface area contributed by atoms with Crippen molar-refractivity contribution in [3.05, 3.63) is 70.5 Å². The van der Waals surface area contributed by atoms with Gasteiger partial charge in [-0.1, -0.05) is 48.5 Å². The number of nitrogens with one attached hydrogen (secondary N) is 1. The van der Waals surface area contributed by atoms with Crippen LogP contribution < -0.4 is 4.74 Å². The van der Waals surface area contributed by atoms with Crippen molar-refractivity contribution in [2.24, 2.45) is 5.10 Å². The zero-order valence-electron chi connectivity index (χ0n) is 14.0. The van der Waals surface area contributed by atoms with Crippen LogP contribution in [0.3, 0.4) is 0 Å². The second-order valence-electron chi connectivity index (χ2n) is 5.41. The van der Waals surface area contributed by atoms with E-state index in [1.165, 1.54) is 0 Å². The second kappa shape index (κ2) is 7.72. The number of aromatic amines is 1. The molecule has 0 amide bonds. The zero-order chi connectivity index (χ0) is 17.6. The molecule has 0 aliphatic rings. The molecule has 0 saturated heterocycles. The fourth-order valence-electron chi connectivity index (χ4n) is 2.40. The lowest BCUT2D eigenvalue weighted by Gasteiger charge is -2.06. The van der Waals surface area contributed by atoms with Crippen LogP contribution in [0.5, 0.6) is 5.75 Å². The van der Waals surface area contributed by atoms with Gasteiger partial charge >= 0.3 is 0 Å². The lowest BCUT2D eigenvalue weighted by atomic mass is 10.1. The number of hydrogen-bond acceptors (Lipinski definition) is 4. The number of allylic oxidation sites excluding steroid dienone is 1. The van der Waals surface area contributed by atoms with E-state index in [0.29, 0.717) is 16.3 Å². The minimum Gasteiger partial charge on any atom is -0.496 e. The van der Waals surface area contributed by atoms with Crippen molar-refractivity contribution in [1.29, 1.82) is 0 Å². The van der Waals surface area contributed by atoms with Gasteiger partial charge in [-0.05, 0) is 42.4 Å². The average molecular weight is 350 g/mol. The Labute approximate surface area is 151 Å². The van der Waals surface area contributed by atoms with E-state index in [1.807, 2.05) is 61.5 Å². The fraction of sp³-hybridized carbons (Fsp3) is 0.105. The maximum Gasteiger partial charge on any atom is 0.216 e. The van der Waals surface area contributed by atoms with Gasteiger partial charge in [0.05, 0.1) is 18.9 Å². The summed E-state index contributed by atoms with van der Waals surface area (Å²) in [7, 11) is 1.63. The molecule has 1 heterocycles. The molecule has 2 aromatic carbocycles. The van der Waals surface area contributed by atoms with Crippen molar-refractivity contribution in [3.63, 3.8) is 0 Å². The Hall–Kier alpha value is -2.99. The third kappa shape index (κ3) is 3.92. The molecule has 25 heavy (non-hydrogen) atoms. The highest BCUT2D eigenvalue weighted by atomic mass is 32.1. The molecule has 0 aliphatic carbocycles. The molecule has 0 aliphatic heterocycles. The van der Waals surface area contributed by atoms with Crippen LogP contribution in [0.1, 0.15) is 12.5 Å². The highest BCUT2D eigenvalue weighted by Gasteiger charge is 2.12. The molecule has 0 spiro atoms. The molecule has 0 unspecified atom stereocenters. The summed E-state index contributed by atoms with van der Waals surface area (Å²) in [4.78, 5) is 0. The van der Waals surface area contributed by atoms with Gasteiger partial charge < -0.3 is 4.74 Å². The minimum atomic E-state index is 0.421. The van der Waals surface area contributed by atoms with Gasteiger partial charge in [0.1, 0.15) is 5.75 Å². The van der Waals surface area contributed by atoms with Crippen molar-refractivity contribution >= 4 is 24.5 Å². The summed E-state index contributed by atoms with van der Waals surface area (Å²) >= 11 is 5.30. The monoisotopic (exact) mass is 350 g/mol. The van der Waals surface area contributed by atoms with Crippen LogP contribution in [-0.4, -0.2) is 28.2 Å². The first-order valence-electron chi connectivity index (χ1n) is 7.77. The largest absolute Gasteiger partial charge is 0.496 e. The first kappa shape index (κ1) is 16.9. The third-order valence-corrected chi connectivity index (χ3v) is 3.83. The molecule has 0 radical (unpaired) electrons. The third-order valence-electron chi connectivity index (χ3n) is 3.57. The van der Waals surface area contributed by atoms with E-state index in [0.717, 1.165) is 16.7 Å². The predicted molar refractivity (Wildman–Crippen MR) is 103 cm³/mol. The Morgan fingerprint density at radius 2 is 1.88 bits per heavy atom. The van der Waals surface area contributed by atoms with Crippen LogP contribution in [0, 0.1) is 4.77 Å². The summed E-state index contributed by atoms with van der Waals surface area (Å²) in [6, 6.07) is 17.7. The molecule has 0 saturated carbocycles. The normalized spacial score (nSPS) is 11.8.